The third-order valence-electron chi connectivity index (χ3n) is 5.40. The van der Waals surface area contributed by atoms with Crippen LogP contribution in [0.1, 0.15) is 21.2 Å². The number of benzene rings is 2. The van der Waals surface area contributed by atoms with Gasteiger partial charge in [-0.05, 0) is 0 Å². The Hall–Kier alpha value is -0.660. The van der Waals surface area contributed by atoms with Gasteiger partial charge in [-0.25, -0.2) is 0 Å². The van der Waals surface area contributed by atoms with Crippen LogP contribution in [0.2, 0.25) is 4.63 Å². The summed E-state index contributed by atoms with van der Waals surface area (Å²) in [7, 11) is 0. The van der Waals surface area contributed by atoms with Crippen molar-refractivity contribution in [3.63, 3.8) is 0 Å². The average molecular weight is 467 g/mol. The van der Waals surface area contributed by atoms with Crippen LogP contribution in [-0.2, 0) is 19.4 Å². The van der Waals surface area contributed by atoms with Crippen LogP contribution in [0.4, 0.5) is 0 Å². The van der Waals surface area contributed by atoms with Gasteiger partial charge >= 0.3 is 145 Å². The molecular weight excluding hydrogens is 442 g/mol. The first-order valence-electron chi connectivity index (χ1n) is 8.44. The maximum atomic E-state index is 2.71. The first-order valence-corrected chi connectivity index (χ1v) is 20.2. The van der Waals surface area contributed by atoms with Crippen LogP contribution in [0.5, 0.6) is 0 Å². The second kappa shape index (κ2) is 8.82. The second-order valence-corrected chi connectivity index (χ2v) is 29.4. The van der Waals surface area contributed by atoms with Gasteiger partial charge in [0, 0.05) is 0 Å². The molecule has 0 amide bonds. The molecular formula is C21H24Cl2SiZr. The molecule has 0 heterocycles. The zero-order chi connectivity index (χ0) is 15.7. The third kappa shape index (κ3) is 4.03. The fourth-order valence-electron chi connectivity index (χ4n) is 4.12. The topological polar surface area (TPSA) is 0 Å². The Bertz CT molecular complexity index is 814. The normalized spacial score (nSPS) is 19.9. The molecule has 2 aliphatic rings. The van der Waals surface area contributed by atoms with Gasteiger partial charge in [0.05, 0.1) is 0 Å². The molecule has 4 rings (SSSR count). The van der Waals surface area contributed by atoms with Gasteiger partial charge in [-0.1, -0.05) is 0 Å². The van der Waals surface area contributed by atoms with Gasteiger partial charge in [-0.2, -0.15) is 0 Å². The molecule has 0 aromatic heterocycles. The van der Waals surface area contributed by atoms with Crippen LogP contribution in [0.3, 0.4) is 0 Å². The molecule has 4 heteroatoms. The Morgan fingerprint density at radius 2 is 1.68 bits per heavy atom. The molecule has 0 saturated carbocycles. The van der Waals surface area contributed by atoms with Gasteiger partial charge in [-0.15, -0.1) is 24.8 Å². The summed E-state index contributed by atoms with van der Waals surface area (Å²) < 4.78 is 5.25. The van der Waals surface area contributed by atoms with Gasteiger partial charge in [0.2, 0.25) is 0 Å². The number of fused-ring (bicyclic) bond motifs is 1. The summed E-state index contributed by atoms with van der Waals surface area (Å²) in [6.45, 7) is -0.242. The molecule has 0 radical (unpaired) electrons. The van der Waals surface area contributed by atoms with Crippen LogP contribution >= 0.6 is 24.8 Å². The van der Waals surface area contributed by atoms with Crippen molar-refractivity contribution in [1.29, 1.82) is 0 Å². The van der Waals surface area contributed by atoms with E-state index in [4.69, 9.17) is 0 Å². The SMILES string of the molecule is Cl.Cl.[CH3][Zr]([SiH2]c1ccccc1)([C]1=CC=CC1)[CH]1C=Cc2ccccc21. The van der Waals surface area contributed by atoms with E-state index in [-0.39, 0.29) is 31.5 Å². The fourth-order valence-corrected chi connectivity index (χ4v) is 28.1. The number of hydrogen-bond donors (Lipinski definition) is 0. The Morgan fingerprint density at radius 3 is 2.40 bits per heavy atom. The van der Waals surface area contributed by atoms with Crippen molar-refractivity contribution in [2.24, 2.45) is 0 Å². The Balaban J connectivity index is 0.00000113. The van der Waals surface area contributed by atoms with E-state index in [0.717, 1.165) is 3.63 Å². The molecule has 2 aromatic rings. The van der Waals surface area contributed by atoms with Gasteiger partial charge < -0.3 is 0 Å². The van der Waals surface area contributed by atoms with E-state index >= 15 is 0 Å². The molecule has 2 atom stereocenters. The fraction of sp³-hybridized carbons (Fsp3) is 0.143. The molecule has 0 spiro atoms. The van der Waals surface area contributed by atoms with E-state index in [2.05, 4.69) is 89.6 Å². The molecule has 2 aliphatic carbocycles. The summed E-state index contributed by atoms with van der Waals surface area (Å²) >= 11 is -2.44. The van der Waals surface area contributed by atoms with Crippen molar-refractivity contribution in [2.45, 2.75) is 14.7 Å². The Labute approximate surface area is 169 Å². The van der Waals surface area contributed by atoms with Crippen LogP contribution in [-0.4, -0.2) is 6.65 Å². The van der Waals surface area contributed by atoms with E-state index in [9.17, 15) is 0 Å². The first-order chi connectivity index (χ1) is 11.3. The summed E-state index contributed by atoms with van der Waals surface area (Å²) in [5.74, 6) is 0. The number of hydrogen-bond acceptors (Lipinski definition) is 0. The van der Waals surface area contributed by atoms with Crippen molar-refractivity contribution < 1.29 is 19.4 Å². The van der Waals surface area contributed by atoms with Gasteiger partial charge in [-0.3, -0.25) is 0 Å². The predicted molar refractivity (Wildman–Crippen MR) is 115 cm³/mol. The summed E-state index contributed by atoms with van der Waals surface area (Å²) in [4.78, 5) is 0. The van der Waals surface area contributed by atoms with Gasteiger partial charge in [0.15, 0.2) is 0 Å². The minimum atomic E-state index is -2.44. The Kier molecular flexibility index (Phi) is 7.29. The molecule has 0 saturated heterocycles. The zero-order valence-electron chi connectivity index (χ0n) is 14.4. The van der Waals surface area contributed by atoms with Crippen molar-refractivity contribution in [2.75, 3.05) is 0 Å². The zero-order valence-corrected chi connectivity index (χ0v) is 19.9. The number of halogens is 2. The Morgan fingerprint density at radius 1 is 0.960 bits per heavy atom. The van der Waals surface area contributed by atoms with E-state index in [1.807, 2.05) is 3.28 Å². The van der Waals surface area contributed by atoms with Crippen LogP contribution in [0.25, 0.3) is 6.08 Å². The molecule has 2 aromatic carbocycles. The monoisotopic (exact) mass is 464 g/mol. The van der Waals surface area contributed by atoms with E-state index in [0.29, 0.717) is 0 Å². The van der Waals surface area contributed by atoms with Crippen molar-refractivity contribution in [3.8, 4) is 0 Å². The molecule has 0 bridgehead atoms. The quantitative estimate of drug-likeness (QED) is 0.553. The van der Waals surface area contributed by atoms with Crippen LogP contribution in [0.15, 0.2) is 82.2 Å². The molecule has 0 fully saturated rings. The predicted octanol–water partition coefficient (Wildman–Crippen LogP) is 5.05. The molecule has 0 nitrogen and oxygen atoms in total. The molecule has 0 N–H and O–H groups in total. The summed E-state index contributed by atoms with van der Waals surface area (Å²) in [6.07, 6.45) is 13.2. The summed E-state index contributed by atoms with van der Waals surface area (Å²) in [6, 6.07) is 20.4. The summed E-state index contributed by atoms with van der Waals surface area (Å²) in [5.41, 5.74) is 3.05. The van der Waals surface area contributed by atoms with Crippen molar-refractivity contribution in [1.82, 2.24) is 0 Å². The van der Waals surface area contributed by atoms with E-state index < -0.39 is 19.4 Å². The summed E-state index contributed by atoms with van der Waals surface area (Å²) in [5, 5.41) is 1.65. The standard InChI is InChI=1S/C9H7.C6H7Si.C5H5.CH3.2ClH.Zr/c1-2-5-9-7-3-6-8(9)4-1;7-6-4-2-1-3-5-6;1-2-4-5-3-1;;;;/h1-7H;1-5H,7H2;1-3H,4H2;1H3;2*1H;. The maximum absolute atomic E-state index is 2.71. The third-order valence-corrected chi connectivity index (χ3v) is 29.9. The second-order valence-electron chi connectivity index (χ2n) is 6.87. The minimum absolute atomic E-state index is 0. The molecule has 2 unspecified atom stereocenters. The first kappa shape index (κ1) is 20.6. The van der Waals surface area contributed by atoms with Crippen LogP contribution < -0.4 is 5.19 Å². The van der Waals surface area contributed by atoms with Gasteiger partial charge in [0.1, 0.15) is 0 Å². The van der Waals surface area contributed by atoms with Gasteiger partial charge in [0.25, 0.3) is 0 Å². The molecule has 0 aliphatic heterocycles. The molecule has 130 valence electrons. The van der Waals surface area contributed by atoms with Crippen LogP contribution in [0, 0.1) is 0 Å². The van der Waals surface area contributed by atoms with Crippen molar-refractivity contribution in [3.05, 3.63) is 93.3 Å². The number of allylic oxidation sites excluding steroid dienone is 5. The van der Waals surface area contributed by atoms with E-state index in [1.165, 1.54) is 12.0 Å². The van der Waals surface area contributed by atoms with Crippen molar-refractivity contribution >= 4 is 42.7 Å². The van der Waals surface area contributed by atoms with E-state index in [1.54, 1.807) is 10.8 Å². The average Bonchev–Trinajstić information content (AvgIpc) is 3.26. The number of rotatable bonds is 4. The molecule has 25 heavy (non-hydrogen) atoms.